The third-order valence-corrected chi connectivity index (χ3v) is 2.53. The van der Waals surface area contributed by atoms with E-state index in [0.29, 0.717) is 0 Å². The van der Waals surface area contributed by atoms with Crippen LogP contribution in [0.4, 0.5) is 13.2 Å². The van der Waals surface area contributed by atoms with Crippen LogP contribution in [0, 0.1) is 6.92 Å². The molecule has 0 aromatic heterocycles. The van der Waals surface area contributed by atoms with Gasteiger partial charge >= 0.3 is 6.18 Å². The third kappa shape index (κ3) is 8.12. The molecule has 0 unspecified atom stereocenters. The summed E-state index contributed by atoms with van der Waals surface area (Å²) in [4.78, 5) is 10.4. The first-order valence-electron chi connectivity index (χ1n) is 6.49. The number of allylic oxidation sites excluding steroid dienone is 4. The molecule has 0 bridgehead atoms. The average molecular weight is 298 g/mol. The van der Waals surface area contributed by atoms with E-state index in [4.69, 9.17) is 0 Å². The maximum absolute atomic E-state index is 11.9. The highest BCUT2D eigenvalue weighted by atomic mass is 19.4. The predicted molar refractivity (Wildman–Crippen MR) is 80.1 cm³/mol. The van der Waals surface area contributed by atoms with Crippen molar-refractivity contribution in [1.29, 1.82) is 0 Å². The molecule has 0 aliphatic heterocycles. The van der Waals surface area contributed by atoms with Gasteiger partial charge in [-0.1, -0.05) is 34.9 Å². The van der Waals surface area contributed by atoms with Crippen molar-refractivity contribution >= 4 is 6.29 Å². The van der Waals surface area contributed by atoms with Crippen LogP contribution in [0.5, 0.6) is 0 Å². The molecule has 21 heavy (non-hydrogen) atoms. The van der Waals surface area contributed by atoms with E-state index in [0.717, 1.165) is 40.7 Å². The van der Waals surface area contributed by atoms with Gasteiger partial charge in [0, 0.05) is 5.57 Å². The second kappa shape index (κ2) is 8.45. The molecule has 1 aromatic rings. The lowest BCUT2D eigenvalue weighted by Gasteiger charge is -2.05. The van der Waals surface area contributed by atoms with E-state index < -0.39 is 11.7 Å². The summed E-state index contributed by atoms with van der Waals surface area (Å²) in [5.74, 6) is 0. The number of carbonyl (C=O) groups is 1. The van der Waals surface area contributed by atoms with Crippen molar-refractivity contribution in [3.05, 3.63) is 58.2 Å². The Balaban J connectivity index is 0.000000384. The summed E-state index contributed by atoms with van der Waals surface area (Å²) in [7, 11) is 0. The number of halogens is 3. The van der Waals surface area contributed by atoms with Crippen molar-refractivity contribution in [2.45, 2.75) is 40.8 Å². The Morgan fingerprint density at radius 1 is 1.00 bits per heavy atom. The molecular formula is C17H21F3O. The molecule has 0 N–H and O–H groups in total. The molecular weight excluding hydrogens is 277 g/mol. The number of alkyl halides is 3. The zero-order chi connectivity index (χ0) is 16.6. The van der Waals surface area contributed by atoms with Crippen molar-refractivity contribution < 1.29 is 18.0 Å². The number of hydrogen-bond acceptors (Lipinski definition) is 1. The Kier molecular flexibility index (Phi) is 7.71. The summed E-state index contributed by atoms with van der Waals surface area (Å²) in [6.07, 6.45) is -1.43. The topological polar surface area (TPSA) is 17.1 Å². The van der Waals surface area contributed by atoms with Crippen molar-refractivity contribution in [3.8, 4) is 0 Å². The van der Waals surface area contributed by atoms with Crippen LogP contribution in [0.3, 0.4) is 0 Å². The fourth-order valence-electron chi connectivity index (χ4n) is 1.35. The van der Waals surface area contributed by atoms with Gasteiger partial charge in [-0.15, -0.1) is 0 Å². The Morgan fingerprint density at radius 2 is 1.48 bits per heavy atom. The Hall–Kier alpha value is -1.84. The zero-order valence-electron chi connectivity index (χ0n) is 13.0. The van der Waals surface area contributed by atoms with E-state index in [1.165, 1.54) is 12.1 Å². The fourth-order valence-corrected chi connectivity index (χ4v) is 1.35. The van der Waals surface area contributed by atoms with Gasteiger partial charge in [0.15, 0.2) is 0 Å². The van der Waals surface area contributed by atoms with Gasteiger partial charge in [-0.3, -0.25) is 4.79 Å². The Morgan fingerprint density at radius 3 is 1.71 bits per heavy atom. The summed E-state index contributed by atoms with van der Waals surface area (Å²) in [5.41, 5.74) is 3.25. The van der Waals surface area contributed by atoms with E-state index in [9.17, 15) is 18.0 Å². The largest absolute Gasteiger partial charge is 0.416 e. The molecule has 0 heterocycles. The van der Waals surface area contributed by atoms with Gasteiger partial charge in [0.1, 0.15) is 6.29 Å². The fraction of sp³-hybridized carbons (Fsp3) is 0.353. The highest BCUT2D eigenvalue weighted by Gasteiger charge is 2.29. The number of hydrogen-bond donors (Lipinski definition) is 0. The Labute approximate surface area is 124 Å². The molecule has 1 aromatic carbocycles. The van der Waals surface area contributed by atoms with Crippen LogP contribution >= 0.6 is 0 Å². The molecule has 0 saturated carbocycles. The predicted octanol–water partition coefficient (Wildman–Crippen LogP) is 5.50. The number of carbonyl (C=O) groups excluding carboxylic acids is 1. The molecule has 0 aliphatic carbocycles. The molecule has 0 spiro atoms. The highest BCUT2D eigenvalue weighted by Crippen LogP contribution is 2.28. The van der Waals surface area contributed by atoms with Crippen LogP contribution < -0.4 is 0 Å². The van der Waals surface area contributed by atoms with Crippen molar-refractivity contribution in [2.75, 3.05) is 0 Å². The minimum atomic E-state index is -4.21. The molecule has 0 amide bonds. The molecule has 0 aliphatic rings. The second-order valence-electron chi connectivity index (χ2n) is 5.16. The van der Waals surface area contributed by atoms with Crippen LogP contribution in [0.15, 0.2) is 47.1 Å². The van der Waals surface area contributed by atoms with Crippen LogP contribution in [0.2, 0.25) is 0 Å². The maximum atomic E-state index is 11.9. The summed E-state index contributed by atoms with van der Waals surface area (Å²) < 4.78 is 35.8. The quantitative estimate of drug-likeness (QED) is 0.400. The van der Waals surface area contributed by atoms with Gasteiger partial charge in [0.05, 0.1) is 5.56 Å². The zero-order valence-corrected chi connectivity index (χ0v) is 13.0. The lowest BCUT2D eigenvalue weighted by atomic mass is 10.1. The maximum Gasteiger partial charge on any atom is 0.416 e. The minimum absolute atomic E-state index is 0.594. The first kappa shape index (κ1) is 19.2. The lowest BCUT2D eigenvalue weighted by Crippen LogP contribution is -2.03. The normalized spacial score (nSPS) is 10.1. The molecule has 0 saturated heterocycles. The monoisotopic (exact) mass is 298 g/mol. The molecule has 0 atom stereocenters. The summed E-state index contributed by atoms with van der Waals surface area (Å²) >= 11 is 0. The molecule has 1 rings (SSSR count). The minimum Gasteiger partial charge on any atom is -0.298 e. The van der Waals surface area contributed by atoms with Gasteiger partial charge in [0.25, 0.3) is 0 Å². The van der Waals surface area contributed by atoms with Crippen LogP contribution in [-0.2, 0) is 11.0 Å². The number of rotatable bonds is 2. The first-order chi connectivity index (χ1) is 9.57. The van der Waals surface area contributed by atoms with E-state index in [1.54, 1.807) is 6.92 Å². The smallest absolute Gasteiger partial charge is 0.298 e. The highest BCUT2D eigenvalue weighted by molar-refractivity contribution is 5.78. The number of benzene rings is 1. The van der Waals surface area contributed by atoms with Crippen molar-refractivity contribution in [2.24, 2.45) is 0 Å². The number of aryl methyl sites for hydroxylation is 1. The van der Waals surface area contributed by atoms with Gasteiger partial charge in [-0.2, -0.15) is 13.2 Å². The summed E-state index contributed by atoms with van der Waals surface area (Å²) in [5, 5.41) is 0. The molecule has 1 nitrogen and oxygen atoms in total. The molecule has 116 valence electrons. The molecule has 0 radical (unpaired) electrons. The van der Waals surface area contributed by atoms with E-state index in [1.807, 2.05) is 33.8 Å². The molecule has 0 fully saturated rings. The van der Waals surface area contributed by atoms with Gasteiger partial charge in [-0.05, 0) is 46.8 Å². The van der Waals surface area contributed by atoms with E-state index in [2.05, 4.69) is 0 Å². The SMILES string of the molecule is CC(C)=CC(C=O)=C(C)C.Cc1ccc(C(F)(F)F)cc1. The van der Waals surface area contributed by atoms with E-state index in [-0.39, 0.29) is 0 Å². The van der Waals surface area contributed by atoms with Crippen molar-refractivity contribution in [3.63, 3.8) is 0 Å². The van der Waals surface area contributed by atoms with Crippen LogP contribution in [0.1, 0.15) is 38.8 Å². The Bertz CT molecular complexity index is 512. The summed E-state index contributed by atoms with van der Waals surface area (Å²) in [6, 6.07) is 5.05. The average Bonchev–Trinajstić information content (AvgIpc) is 2.35. The van der Waals surface area contributed by atoms with Crippen LogP contribution in [-0.4, -0.2) is 6.29 Å². The second-order valence-corrected chi connectivity index (χ2v) is 5.16. The van der Waals surface area contributed by atoms with E-state index >= 15 is 0 Å². The van der Waals surface area contributed by atoms with Gasteiger partial charge < -0.3 is 0 Å². The first-order valence-corrected chi connectivity index (χ1v) is 6.49. The molecule has 4 heteroatoms. The van der Waals surface area contributed by atoms with Gasteiger partial charge in [0.2, 0.25) is 0 Å². The van der Waals surface area contributed by atoms with Gasteiger partial charge in [-0.25, -0.2) is 0 Å². The standard InChI is InChI=1S/C9H14O.C8H7F3/c1-7(2)5-9(6-10)8(3)4;1-6-2-4-7(5-3-6)8(9,10)11/h5-6H,1-4H3;2-5H,1H3. The lowest BCUT2D eigenvalue weighted by molar-refractivity contribution is -0.137. The summed E-state index contributed by atoms with van der Waals surface area (Å²) in [6.45, 7) is 9.57. The van der Waals surface area contributed by atoms with Crippen LogP contribution in [0.25, 0.3) is 0 Å². The third-order valence-electron chi connectivity index (χ3n) is 2.53. The number of aldehydes is 1. The van der Waals surface area contributed by atoms with Crippen molar-refractivity contribution in [1.82, 2.24) is 0 Å².